The molecule has 2 aromatic carbocycles. The summed E-state index contributed by atoms with van der Waals surface area (Å²) < 4.78 is 1.72. The van der Waals surface area contributed by atoms with Gasteiger partial charge in [-0.25, -0.2) is 19.6 Å². The minimum Gasteiger partial charge on any atom is -0.345 e. The Morgan fingerprint density at radius 3 is 2.41 bits per heavy atom. The molecule has 1 unspecified atom stereocenters. The highest BCUT2D eigenvalue weighted by atomic mass is 16.2. The van der Waals surface area contributed by atoms with E-state index in [0.717, 1.165) is 30.6 Å². The van der Waals surface area contributed by atoms with Crippen LogP contribution in [-0.4, -0.2) is 49.8 Å². The number of hydrogen-bond donors (Lipinski definition) is 1. The van der Waals surface area contributed by atoms with Gasteiger partial charge >= 0.3 is 0 Å². The van der Waals surface area contributed by atoms with Gasteiger partial charge in [-0.1, -0.05) is 48.5 Å². The zero-order chi connectivity index (χ0) is 21.8. The van der Waals surface area contributed by atoms with Crippen molar-refractivity contribution in [2.75, 3.05) is 18.0 Å². The van der Waals surface area contributed by atoms with E-state index in [1.165, 1.54) is 0 Å². The maximum absolute atomic E-state index is 13.1. The molecule has 0 bridgehead atoms. The van der Waals surface area contributed by atoms with Crippen molar-refractivity contribution in [3.05, 3.63) is 84.9 Å². The normalized spacial score (nSPS) is 16.0. The first-order valence-corrected chi connectivity index (χ1v) is 10.7. The van der Waals surface area contributed by atoms with Gasteiger partial charge in [0, 0.05) is 37.1 Å². The molecule has 2 aromatic heterocycles. The second-order valence-corrected chi connectivity index (χ2v) is 7.68. The molecule has 0 spiro atoms. The molecule has 0 aliphatic carbocycles. The van der Waals surface area contributed by atoms with Crippen LogP contribution in [0.15, 0.2) is 79.1 Å². The van der Waals surface area contributed by atoms with Crippen molar-refractivity contribution in [1.29, 1.82) is 0 Å². The zero-order valence-electron chi connectivity index (χ0n) is 17.5. The second kappa shape index (κ2) is 8.97. The summed E-state index contributed by atoms with van der Waals surface area (Å²) in [5, 5.41) is 7.66. The average molecular weight is 425 g/mol. The van der Waals surface area contributed by atoms with Gasteiger partial charge in [-0.05, 0) is 31.0 Å². The maximum Gasteiger partial charge on any atom is 0.291 e. The minimum atomic E-state index is -0.280. The molecule has 5 rings (SSSR count). The molecule has 32 heavy (non-hydrogen) atoms. The van der Waals surface area contributed by atoms with Gasteiger partial charge in [0.05, 0.1) is 5.69 Å². The largest absolute Gasteiger partial charge is 0.345 e. The predicted molar refractivity (Wildman–Crippen MR) is 122 cm³/mol. The van der Waals surface area contributed by atoms with Crippen molar-refractivity contribution in [2.45, 2.75) is 18.9 Å². The fraction of sp³-hybridized carbons (Fsp3) is 0.208. The van der Waals surface area contributed by atoms with Crippen LogP contribution in [0.2, 0.25) is 0 Å². The fourth-order valence-electron chi connectivity index (χ4n) is 3.91. The first-order chi connectivity index (χ1) is 15.8. The lowest BCUT2D eigenvalue weighted by molar-refractivity contribution is 0.0922. The summed E-state index contributed by atoms with van der Waals surface area (Å²) in [5.74, 6) is 1.19. The summed E-state index contributed by atoms with van der Waals surface area (Å²) in [6.45, 7) is 1.52. The molecule has 1 aliphatic rings. The van der Waals surface area contributed by atoms with Gasteiger partial charge in [-0.3, -0.25) is 4.79 Å². The summed E-state index contributed by atoms with van der Waals surface area (Å²) in [5.41, 5.74) is 1.75. The van der Waals surface area contributed by atoms with Gasteiger partial charge in [0.2, 0.25) is 11.8 Å². The summed E-state index contributed by atoms with van der Waals surface area (Å²) >= 11 is 0. The maximum atomic E-state index is 13.1. The number of nitrogens with zero attached hydrogens (tertiary/aromatic N) is 6. The van der Waals surface area contributed by atoms with Crippen LogP contribution in [0.4, 0.5) is 5.95 Å². The Kier molecular flexibility index (Phi) is 5.57. The summed E-state index contributed by atoms with van der Waals surface area (Å²) in [6, 6.07) is 21.3. The van der Waals surface area contributed by atoms with Crippen LogP contribution < -0.4 is 10.2 Å². The standard InChI is InChI=1S/C24H23N7O/c32-23(27-19-11-7-16-30(17-19)24-25-14-8-15-26-24)21-28-22(18-9-3-1-4-10-18)31(29-21)20-12-5-2-6-13-20/h1-6,8-10,12-15,19H,7,11,16-17H2,(H,27,32). The zero-order valence-corrected chi connectivity index (χ0v) is 17.5. The quantitative estimate of drug-likeness (QED) is 0.529. The lowest BCUT2D eigenvalue weighted by Crippen LogP contribution is -2.48. The lowest BCUT2D eigenvalue weighted by atomic mass is 10.1. The monoisotopic (exact) mass is 425 g/mol. The van der Waals surface area contributed by atoms with E-state index in [1.807, 2.05) is 60.7 Å². The molecule has 0 saturated carbocycles. The van der Waals surface area contributed by atoms with Crippen molar-refractivity contribution >= 4 is 11.9 Å². The number of aromatic nitrogens is 5. The molecule has 1 fully saturated rings. The number of anilines is 1. The van der Waals surface area contributed by atoms with E-state index in [-0.39, 0.29) is 17.8 Å². The molecule has 1 saturated heterocycles. The highest BCUT2D eigenvalue weighted by molar-refractivity contribution is 5.91. The van der Waals surface area contributed by atoms with Crippen molar-refractivity contribution in [3.63, 3.8) is 0 Å². The molecule has 1 amide bonds. The van der Waals surface area contributed by atoms with E-state index in [2.05, 4.69) is 30.3 Å². The lowest BCUT2D eigenvalue weighted by Gasteiger charge is -2.32. The molecule has 160 valence electrons. The smallest absolute Gasteiger partial charge is 0.291 e. The van der Waals surface area contributed by atoms with E-state index < -0.39 is 0 Å². The Morgan fingerprint density at radius 2 is 1.66 bits per heavy atom. The molecule has 4 aromatic rings. The molecule has 8 heteroatoms. The van der Waals surface area contributed by atoms with Gasteiger partial charge in [0.1, 0.15) is 0 Å². The Hall–Kier alpha value is -4.07. The number of amides is 1. The Bertz CT molecular complexity index is 1120. The van der Waals surface area contributed by atoms with Crippen LogP contribution in [0.1, 0.15) is 23.5 Å². The Labute approximate surface area is 186 Å². The van der Waals surface area contributed by atoms with E-state index in [9.17, 15) is 4.79 Å². The van der Waals surface area contributed by atoms with Crippen LogP contribution in [0.5, 0.6) is 0 Å². The number of rotatable bonds is 5. The van der Waals surface area contributed by atoms with Crippen molar-refractivity contribution in [2.24, 2.45) is 0 Å². The van der Waals surface area contributed by atoms with Gasteiger partial charge in [0.15, 0.2) is 5.82 Å². The van der Waals surface area contributed by atoms with Crippen LogP contribution in [0, 0.1) is 0 Å². The SMILES string of the molecule is O=C(NC1CCCN(c2ncccn2)C1)c1nc(-c2ccccc2)n(-c2ccccc2)n1. The van der Waals surface area contributed by atoms with Gasteiger partial charge in [0.25, 0.3) is 5.91 Å². The van der Waals surface area contributed by atoms with Crippen LogP contribution >= 0.6 is 0 Å². The summed E-state index contributed by atoms with van der Waals surface area (Å²) in [7, 11) is 0. The number of hydrogen-bond acceptors (Lipinski definition) is 6. The molecule has 1 N–H and O–H groups in total. The Balaban J connectivity index is 1.39. The highest BCUT2D eigenvalue weighted by Gasteiger charge is 2.26. The molecular weight excluding hydrogens is 402 g/mol. The van der Waals surface area contributed by atoms with Gasteiger partial charge in [-0.2, -0.15) is 0 Å². The molecular formula is C24H23N7O. The third-order valence-corrected chi connectivity index (χ3v) is 5.43. The number of carbonyl (C=O) groups is 1. The third kappa shape index (κ3) is 4.20. The van der Waals surface area contributed by atoms with Crippen molar-refractivity contribution in [3.8, 4) is 17.1 Å². The predicted octanol–water partition coefficient (Wildman–Crippen LogP) is 3.12. The topological polar surface area (TPSA) is 88.8 Å². The molecule has 3 heterocycles. The number of benzene rings is 2. The number of carbonyl (C=O) groups excluding carboxylic acids is 1. The minimum absolute atomic E-state index is 0.0242. The summed E-state index contributed by atoms with van der Waals surface area (Å²) in [4.78, 5) is 28.4. The average Bonchev–Trinajstić information content (AvgIpc) is 3.32. The number of para-hydroxylation sites is 1. The van der Waals surface area contributed by atoms with Gasteiger partial charge < -0.3 is 10.2 Å². The fourth-order valence-corrected chi connectivity index (χ4v) is 3.91. The third-order valence-electron chi connectivity index (χ3n) is 5.43. The van der Waals surface area contributed by atoms with Crippen molar-refractivity contribution < 1.29 is 4.79 Å². The molecule has 1 atom stereocenters. The van der Waals surface area contributed by atoms with Crippen molar-refractivity contribution in [1.82, 2.24) is 30.0 Å². The molecule has 1 aliphatic heterocycles. The molecule has 8 nitrogen and oxygen atoms in total. The van der Waals surface area contributed by atoms with Gasteiger partial charge in [-0.15, -0.1) is 5.10 Å². The number of piperidine rings is 1. The van der Waals surface area contributed by atoms with E-state index in [1.54, 1.807) is 23.1 Å². The Morgan fingerprint density at radius 1 is 0.938 bits per heavy atom. The number of nitrogens with one attached hydrogen (secondary N) is 1. The highest BCUT2D eigenvalue weighted by Crippen LogP contribution is 2.21. The van der Waals surface area contributed by atoms with Crippen LogP contribution in [0.3, 0.4) is 0 Å². The first-order valence-electron chi connectivity index (χ1n) is 10.7. The van der Waals surface area contributed by atoms with Crippen LogP contribution in [-0.2, 0) is 0 Å². The molecule has 0 radical (unpaired) electrons. The van der Waals surface area contributed by atoms with E-state index in [4.69, 9.17) is 0 Å². The second-order valence-electron chi connectivity index (χ2n) is 7.68. The summed E-state index contributed by atoms with van der Waals surface area (Å²) in [6.07, 6.45) is 5.30. The van der Waals surface area contributed by atoms with E-state index >= 15 is 0 Å². The first kappa shape index (κ1) is 19.9. The van der Waals surface area contributed by atoms with Crippen LogP contribution in [0.25, 0.3) is 17.1 Å². The van der Waals surface area contributed by atoms with E-state index in [0.29, 0.717) is 18.3 Å².